The van der Waals surface area contributed by atoms with Crippen molar-refractivity contribution in [3.63, 3.8) is 0 Å². The average molecular weight is 219 g/mol. The van der Waals surface area contributed by atoms with Gasteiger partial charge in [0.2, 0.25) is 0 Å². The first kappa shape index (κ1) is 11.4. The standard InChI is InChI=1S/C13H21N3/c1-11(2)8-15-6-4-5-13(15)10-16-9-12(3)7-14-16/h7,9,13H,1,4-6,8,10H2,2-3H3. The molecule has 1 saturated heterocycles. The smallest absolute Gasteiger partial charge is 0.0565 e. The molecule has 1 aromatic heterocycles. The van der Waals surface area contributed by atoms with E-state index in [1.165, 1.54) is 30.5 Å². The maximum Gasteiger partial charge on any atom is 0.0565 e. The fourth-order valence-corrected chi connectivity index (χ4v) is 2.44. The molecule has 0 bridgehead atoms. The van der Waals surface area contributed by atoms with Gasteiger partial charge in [0.05, 0.1) is 12.7 Å². The van der Waals surface area contributed by atoms with Crippen LogP contribution in [0.3, 0.4) is 0 Å². The summed E-state index contributed by atoms with van der Waals surface area (Å²) < 4.78 is 2.07. The molecule has 0 amide bonds. The first-order valence-electron chi connectivity index (χ1n) is 6.02. The Bertz CT molecular complexity index is 367. The van der Waals surface area contributed by atoms with Crippen LogP contribution in [0, 0.1) is 6.92 Å². The van der Waals surface area contributed by atoms with Crippen LogP contribution in [-0.2, 0) is 6.54 Å². The van der Waals surface area contributed by atoms with E-state index in [0.29, 0.717) is 6.04 Å². The quantitative estimate of drug-likeness (QED) is 0.724. The molecule has 16 heavy (non-hydrogen) atoms. The number of hydrogen-bond donors (Lipinski definition) is 0. The summed E-state index contributed by atoms with van der Waals surface area (Å²) in [6, 6.07) is 0.635. The molecule has 0 spiro atoms. The molecular formula is C13H21N3. The average Bonchev–Trinajstić information content (AvgIpc) is 2.77. The Morgan fingerprint density at radius 3 is 3.06 bits per heavy atom. The normalized spacial score (nSPS) is 21.5. The highest BCUT2D eigenvalue weighted by atomic mass is 15.3. The molecule has 0 radical (unpaired) electrons. The molecule has 0 aliphatic carbocycles. The van der Waals surface area contributed by atoms with Gasteiger partial charge in [-0.05, 0) is 38.8 Å². The van der Waals surface area contributed by atoms with E-state index < -0.39 is 0 Å². The summed E-state index contributed by atoms with van der Waals surface area (Å²) in [5.41, 5.74) is 2.49. The molecular weight excluding hydrogens is 198 g/mol. The van der Waals surface area contributed by atoms with Gasteiger partial charge in [-0.1, -0.05) is 12.2 Å². The van der Waals surface area contributed by atoms with Crippen LogP contribution in [0.2, 0.25) is 0 Å². The van der Waals surface area contributed by atoms with E-state index in [1.807, 2.05) is 6.20 Å². The van der Waals surface area contributed by atoms with E-state index in [-0.39, 0.29) is 0 Å². The Labute approximate surface area is 97.8 Å². The molecule has 2 heterocycles. The van der Waals surface area contributed by atoms with Crippen molar-refractivity contribution in [2.45, 2.75) is 39.3 Å². The summed E-state index contributed by atoms with van der Waals surface area (Å²) in [5, 5.41) is 4.36. The van der Waals surface area contributed by atoms with Crippen LogP contribution in [0.5, 0.6) is 0 Å². The highest BCUT2D eigenvalue weighted by Gasteiger charge is 2.24. The zero-order valence-electron chi connectivity index (χ0n) is 10.3. The third-order valence-corrected chi connectivity index (χ3v) is 3.13. The van der Waals surface area contributed by atoms with Gasteiger partial charge in [0.25, 0.3) is 0 Å². The van der Waals surface area contributed by atoms with E-state index in [0.717, 1.165) is 13.1 Å². The molecule has 1 fully saturated rings. The topological polar surface area (TPSA) is 21.1 Å². The Hall–Kier alpha value is -1.09. The molecule has 0 N–H and O–H groups in total. The van der Waals surface area contributed by atoms with Crippen molar-refractivity contribution in [3.8, 4) is 0 Å². The van der Waals surface area contributed by atoms with Crippen molar-refractivity contribution < 1.29 is 0 Å². The van der Waals surface area contributed by atoms with Crippen LogP contribution in [0.15, 0.2) is 24.5 Å². The largest absolute Gasteiger partial charge is 0.295 e. The van der Waals surface area contributed by atoms with Gasteiger partial charge in [-0.25, -0.2) is 0 Å². The fourth-order valence-electron chi connectivity index (χ4n) is 2.44. The maximum absolute atomic E-state index is 4.36. The van der Waals surface area contributed by atoms with Crippen LogP contribution in [0.25, 0.3) is 0 Å². The summed E-state index contributed by atoms with van der Waals surface area (Å²) >= 11 is 0. The second kappa shape index (κ2) is 4.83. The van der Waals surface area contributed by atoms with E-state index >= 15 is 0 Å². The number of aryl methyl sites for hydroxylation is 1. The third kappa shape index (κ3) is 2.73. The molecule has 0 saturated carbocycles. The molecule has 1 aliphatic rings. The first-order valence-corrected chi connectivity index (χ1v) is 6.02. The maximum atomic E-state index is 4.36. The van der Waals surface area contributed by atoms with E-state index in [9.17, 15) is 0 Å². The van der Waals surface area contributed by atoms with Gasteiger partial charge in [0.1, 0.15) is 0 Å². The van der Waals surface area contributed by atoms with E-state index in [2.05, 4.69) is 41.3 Å². The number of nitrogens with zero attached hydrogens (tertiary/aromatic N) is 3. The van der Waals surface area contributed by atoms with Gasteiger partial charge in [0.15, 0.2) is 0 Å². The van der Waals surface area contributed by atoms with Crippen LogP contribution >= 0.6 is 0 Å². The monoisotopic (exact) mass is 219 g/mol. The molecule has 88 valence electrons. The van der Waals surface area contributed by atoms with Crippen LogP contribution in [0.4, 0.5) is 0 Å². The van der Waals surface area contributed by atoms with Gasteiger partial charge in [0, 0.05) is 18.8 Å². The Morgan fingerprint density at radius 2 is 2.44 bits per heavy atom. The fraction of sp³-hybridized carbons (Fsp3) is 0.615. The summed E-state index contributed by atoms with van der Waals surface area (Å²) in [6.07, 6.45) is 6.64. The summed E-state index contributed by atoms with van der Waals surface area (Å²) in [7, 11) is 0. The third-order valence-electron chi connectivity index (χ3n) is 3.13. The predicted octanol–water partition coefficient (Wildman–Crippen LogP) is 2.23. The SMILES string of the molecule is C=C(C)CN1CCCC1Cn1cc(C)cn1. The lowest BCUT2D eigenvalue weighted by molar-refractivity contribution is 0.245. The first-order chi connectivity index (χ1) is 7.65. The van der Waals surface area contributed by atoms with E-state index in [1.54, 1.807) is 0 Å². The molecule has 1 unspecified atom stereocenters. The van der Waals surface area contributed by atoms with E-state index in [4.69, 9.17) is 0 Å². The minimum absolute atomic E-state index is 0.635. The van der Waals surface area contributed by atoms with Crippen LogP contribution in [0.1, 0.15) is 25.3 Å². The molecule has 3 heteroatoms. The van der Waals surface area contributed by atoms with Crippen molar-refractivity contribution in [3.05, 3.63) is 30.1 Å². The van der Waals surface area contributed by atoms with Gasteiger partial charge >= 0.3 is 0 Å². The molecule has 2 rings (SSSR count). The van der Waals surface area contributed by atoms with Crippen molar-refractivity contribution in [1.29, 1.82) is 0 Å². The molecule has 1 aliphatic heterocycles. The lowest BCUT2D eigenvalue weighted by Gasteiger charge is -2.24. The summed E-state index contributed by atoms with van der Waals surface area (Å²) in [4.78, 5) is 2.53. The number of likely N-dealkylation sites (tertiary alicyclic amines) is 1. The second-order valence-corrected chi connectivity index (χ2v) is 4.96. The van der Waals surface area contributed by atoms with Gasteiger partial charge in [-0.2, -0.15) is 5.10 Å². The Kier molecular flexibility index (Phi) is 3.44. The van der Waals surface area contributed by atoms with Gasteiger partial charge < -0.3 is 0 Å². The highest BCUT2D eigenvalue weighted by Crippen LogP contribution is 2.19. The lowest BCUT2D eigenvalue weighted by atomic mass is 10.2. The highest BCUT2D eigenvalue weighted by molar-refractivity contribution is 5.00. The van der Waals surface area contributed by atoms with Crippen molar-refractivity contribution in [2.75, 3.05) is 13.1 Å². The van der Waals surface area contributed by atoms with Crippen LogP contribution < -0.4 is 0 Å². The molecule has 1 aromatic rings. The molecule has 3 nitrogen and oxygen atoms in total. The zero-order chi connectivity index (χ0) is 11.5. The van der Waals surface area contributed by atoms with Crippen LogP contribution in [-0.4, -0.2) is 33.8 Å². The number of rotatable bonds is 4. The minimum Gasteiger partial charge on any atom is -0.295 e. The second-order valence-electron chi connectivity index (χ2n) is 4.96. The van der Waals surface area contributed by atoms with Crippen molar-refractivity contribution in [2.24, 2.45) is 0 Å². The number of aromatic nitrogens is 2. The predicted molar refractivity (Wildman–Crippen MR) is 66.4 cm³/mol. The zero-order valence-corrected chi connectivity index (χ0v) is 10.3. The Balaban J connectivity index is 1.95. The van der Waals surface area contributed by atoms with Gasteiger partial charge in [-0.15, -0.1) is 0 Å². The molecule has 0 aromatic carbocycles. The summed E-state index contributed by atoms with van der Waals surface area (Å²) in [5.74, 6) is 0. The lowest BCUT2D eigenvalue weighted by Crippen LogP contribution is -2.34. The van der Waals surface area contributed by atoms with Gasteiger partial charge in [-0.3, -0.25) is 9.58 Å². The Morgan fingerprint density at radius 1 is 1.62 bits per heavy atom. The summed E-state index contributed by atoms with van der Waals surface area (Å²) in [6.45, 7) is 11.4. The minimum atomic E-state index is 0.635. The number of hydrogen-bond acceptors (Lipinski definition) is 2. The van der Waals surface area contributed by atoms with Crippen molar-refractivity contribution >= 4 is 0 Å². The molecule has 1 atom stereocenters. The van der Waals surface area contributed by atoms with Crippen molar-refractivity contribution in [1.82, 2.24) is 14.7 Å².